The van der Waals surface area contributed by atoms with Gasteiger partial charge in [0.25, 0.3) is 5.56 Å². The number of aryl methyl sites for hydroxylation is 2. The fourth-order valence-electron chi connectivity index (χ4n) is 5.12. The molecule has 4 heterocycles. The van der Waals surface area contributed by atoms with Gasteiger partial charge in [0.2, 0.25) is 5.95 Å². The molecule has 188 valence electrons. The van der Waals surface area contributed by atoms with Crippen LogP contribution >= 0.6 is 0 Å². The number of anilines is 1. The van der Waals surface area contributed by atoms with Gasteiger partial charge in [-0.2, -0.15) is 4.98 Å². The van der Waals surface area contributed by atoms with Gasteiger partial charge in [-0.15, -0.1) is 0 Å². The van der Waals surface area contributed by atoms with E-state index in [9.17, 15) is 19.5 Å². The molecule has 1 aromatic carbocycles. The van der Waals surface area contributed by atoms with E-state index in [1.165, 1.54) is 0 Å². The van der Waals surface area contributed by atoms with E-state index in [2.05, 4.69) is 9.97 Å². The zero-order chi connectivity index (χ0) is 25.6. The number of fused-ring (bicyclic) bond motifs is 2. The average Bonchev–Trinajstić information content (AvgIpc) is 3.24. The van der Waals surface area contributed by atoms with Crippen molar-refractivity contribution < 1.29 is 9.90 Å². The number of aliphatic carboxylic acids is 1. The number of benzene rings is 1. The van der Waals surface area contributed by atoms with Crippen LogP contribution in [0.3, 0.4) is 0 Å². The fraction of sp³-hybridized carbons (Fsp3) is 0.400. The minimum absolute atomic E-state index is 0.0255. The number of nitrogens with two attached hydrogens (primary N) is 1. The zero-order valence-corrected chi connectivity index (χ0v) is 20.3. The van der Waals surface area contributed by atoms with E-state index in [1.54, 1.807) is 4.57 Å². The highest BCUT2D eigenvalue weighted by Crippen LogP contribution is 2.24. The minimum atomic E-state index is -1.20. The van der Waals surface area contributed by atoms with Crippen LogP contribution in [0.4, 0.5) is 5.95 Å². The lowest BCUT2D eigenvalue weighted by Crippen LogP contribution is -2.44. The van der Waals surface area contributed by atoms with Crippen molar-refractivity contribution in [2.75, 3.05) is 18.0 Å². The molecule has 1 fully saturated rings. The monoisotopic (exact) mass is 491 g/mol. The van der Waals surface area contributed by atoms with Gasteiger partial charge in [0, 0.05) is 36.8 Å². The number of carbonyl (C=O) groups is 1. The summed E-state index contributed by atoms with van der Waals surface area (Å²) in [6.07, 6.45) is 1.78. The summed E-state index contributed by atoms with van der Waals surface area (Å²) in [6, 6.07) is 9.54. The normalized spacial score (nSPS) is 16.2. The number of hydrogen-bond acceptors (Lipinski definition) is 7. The summed E-state index contributed by atoms with van der Waals surface area (Å²) in [7, 11) is 0. The maximum absolute atomic E-state index is 13.8. The first-order valence-electron chi connectivity index (χ1n) is 12.1. The first-order chi connectivity index (χ1) is 17.3. The van der Waals surface area contributed by atoms with Gasteiger partial charge in [0.05, 0.1) is 12.2 Å². The van der Waals surface area contributed by atoms with E-state index >= 15 is 0 Å². The third-order valence-electron chi connectivity index (χ3n) is 6.70. The lowest BCUT2D eigenvalue weighted by Gasteiger charge is -2.31. The summed E-state index contributed by atoms with van der Waals surface area (Å²) in [5, 5.41) is 11.3. The van der Waals surface area contributed by atoms with Crippen LogP contribution in [0.2, 0.25) is 0 Å². The Hall–Kier alpha value is -3.99. The quantitative estimate of drug-likeness (QED) is 0.411. The van der Waals surface area contributed by atoms with E-state index < -0.39 is 23.8 Å². The van der Waals surface area contributed by atoms with Gasteiger partial charge < -0.3 is 20.3 Å². The average molecular weight is 492 g/mol. The van der Waals surface area contributed by atoms with Crippen molar-refractivity contribution in [2.45, 2.75) is 52.4 Å². The number of rotatable bonds is 6. The topological polar surface area (TPSA) is 141 Å². The van der Waals surface area contributed by atoms with Crippen LogP contribution in [0, 0.1) is 6.92 Å². The molecule has 0 saturated carbocycles. The summed E-state index contributed by atoms with van der Waals surface area (Å²) in [4.78, 5) is 50.4. The van der Waals surface area contributed by atoms with Crippen molar-refractivity contribution in [2.24, 2.45) is 5.73 Å². The van der Waals surface area contributed by atoms with Crippen molar-refractivity contribution in [1.82, 2.24) is 23.7 Å². The molecule has 36 heavy (non-hydrogen) atoms. The highest BCUT2D eigenvalue weighted by Gasteiger charge is 2.27. The maximum atomic E-state index is 13.8. The van der Waals surface area contributed by atoms with Crippen LogP contribution in [0.25, 0.3) is 21.9 Å². The second-order valence-corrected chi connectivity index (χ2v) is 9.26. The van der Waals surface area contributed by atoms with Crippen LogP contribution in [-0.2, 0) is 24.4 Å². The molecule has 1 saturated heterocycles. The molecule has 0 aliphatic carbocycles. The van der Waals surface area contributed by atoms with Gasteiger partial charge in [-0.3, -0.25) is 23.7 Å². The van der Waals surface area contributed by atoms with E-state index in [0.29, 0.717) is 31.3 Å². The number of carboxylic acid groups (broad SMARTS) is 1. The second kappa shape index (κ2) is 9.23. The van der Waals surface area contributed by atoms with Crippen molar-refractivity contribution in [1.29, 1.82) is 0 Å². The second-order valence-electron chi connectivity index (χ2n) is 9.26. The lowest BCUT2D eigenvalue weighted by molar-refractivity contribution is -0.137. The minimum Gasteiger partial charge on any atom is -0.480 e. The summed E-state index contributed by atoms with van der Waals surface area (Å²) >= 11 is 0. The number of hydrogen-bond donors (Lipinski definition) is 2. The van der Waals surface area contributed by atoms with Crippen LogP contribution in [0.15, 0.2) is 39.9 Å². The molecule has 4 aromatic rings. The molecule has 0 amide bonds. The third-order valence-corrected chi connectivity index (χ3v) is 6.70. The molecular formula is C25H29N7O4. The number of pyridine rings is 1. The summed E-state index contributed by atoms with van der Waals surface area (Å²) in [5.74, 6) is -0.675. The number of aromatic nitrogens is 5. The molecule has 1 atom stereocenters. The predicted octanol–water partition coefficient (Wildman–Crippen LogP) is 1.30. The molecule has 3 N–H and O–H groups in total. The largest absolute Gasteiger partial charge is 0.480 e. The van der Waals surface area contributed by atoms with Crippen molar-refractivity contribution in [3.05, 3.63) is 62.6 Å². The Morgan fingerprint density at radius 3 is 2.67 bits per heavy atom. The third kappa shape index (κ3) is 4.05. The number of piperidine rings is 1. The lowest BCUT2D eigenvalue weighted by atomic mass is 10.1. The molecule has 0 radical (unpaired) electrons. The summed E-state index contributed by atoms with van der Waals surface area (Å²) in [6.45, 7) is 4.75. The molecule has 11 heteroatoms. The molecule has 0 spiro atoms. The Bertz CT molecular complexity index is 1600. The standard InChI is InChI=1S/C25H29N7O4/c1-3-30-21-22(28-24(30)29-10-6-8-17(26)12-29)31(14-20(33)34)25(36)32(23(21)35)13-19-18-9-5-4-7-16(18)11-15(2)27-19/h4-5,7,9,11,17H,3,6,8,10,12-14,26H2,1-2H3,(H,33,34). The van der Waals surface area contributed by atoms with E-state index in [-0.39, 0.29) is 23.8 Å². The van der Waals surface area contributed by atoms with Gasteiger partial charge in [-0.25, -0.2) is 4.79 Å². The Morgan fingerprint density at radius 2 is 1.94 bits per heavy atom. The maximum Gasteiger partial charge on any atom is 0.333 e. The summed E-state index contributed by atoms with van der Waals surface area (Å²) < 4.78 is 3.89. The van der Waals surface area contributed by atoms with Gasteiger partial charge in [-0.1, -0.05) is 24.3 Å². The van der Waals surface area contributed by atoms with Crippen LogP contribution in [0.1, 0.15) is 31.2 Å². The van der Waals surface area contributed by atoms with E-state index in [4.69, 9.17) is 5.73 Å². The van der Waals surface area contributed by atoms with Crippen molar-refractivity contribution >= 4 is 33.9 Å². The highest BCUT2D eigenvalue weighted by molar-refractivity contribution is 5.85. The van der Waals surface area contributed by atoms with Crippen molar-refractivity contribution in [3.8, 4) is 0 Å². The molecule has 3 aromatic heterocycles. The molecule has 1 aliphatic heterocycles. The van der Waals surface area contributed by atoms with Crippen LogP contribution in [0.5, 0.6) is 0 Å². The molecule has 1 unspecified atom stereocenters. The van der Waals surface area contributed by atoms with Crippen LogP contribution < -0.4 is 21.9 Å². The van der Waals surface area contributed by atoms with Crippen LogP contribution in [-0.4, -0.2) is 53.9 Å². The number of nitrogens with zero attached hydrogens (tertiary/aromatic N) is 6. The molecule has 0 bridgehead atoms. The molecular weight excluding hydrogens is 462 g/mol. The molecule has 11 nitrogen and oxygen atoms in total. The van der Waals surface area contributed by atoms with Gasteiger partial charge in [0.15, 0.2) is 11.2 Å². The number of imidazole rings is 1. The highest BCUT2D eigenvalue weighted by atomic mass is 16.4. The number of carboxylic acids is 1. The van der Waals surface area contributed by atoms with Gasteiger partial charge in [0.1, 0.15) is 6.54 Å². The predicted molar refractivity (Wildman–Crippen MR) is 137 cm³/mol. The summed E-state index contributed by atoms with van der Waals surface area (Å²) in [5.41, 5.74) is 6.52. The van der Waals surface area contributed by atoms with E-state index in [1.807, 2.05) is 49.1 Å². The first kappa shape index (κ1) is 23.7. The molecule has 1 aliphatic rings. The Balaban J connectivity index is 1.76. The fourth-order valence-corrected chi connectivity index (χ4v) is 5.12. The smallest absolute Gasteiger partial charge is 0.333 e. The Labute approximate surface area is 206 Å². The van der Waals surface area contributed by atoms with E-state index in [0.717, 1.165) is 38.4 Å². The Morgan fingerprint density at radius 1 is 1.17 bits per heavy atom. The Kier molecular flexibility index (Phi) is 6.09. The first-order valence-corrected chi connectivity index (χ1v) is 12.1. The zero-order valence-electron chi connectivity index (χ0n) is 20.3. The van der Waals surface area contributed by atoms with Crippen molar-refractivity contribution in [3.63, 3.8) is 0 Å². The molecule has 5 rings (SSSR count). The van der Waals surface area contributed by atoms with Gasteiger partial charge >= 0.3 is 11.7 Å². The SMILES string of the molecule is CCn1c(N2CCCC(N)C2)nc2c1c(=O)n(Cc1nc(C)cc3ccccc13)c(=O)n2CC(=O)O. The van der Waals surface area contributed by atoms with Gasteiger partial charge in [-0.05, 0) is 38.1 Å².